The average molecular weight is 345 g/mol. The van der Waals surface area contributed by atoms with E-state index in [0.717, 1.165) is 11.1 Å². The number of fused-ring (bicyclic) bond motifs is 1. The van der Waals surface area contributed by atoms with E-state index < -0.39 is 0 Å². The molecular formula is C19H27N3O3. The van der Waals surface area contributed by atoms with Gasteiger partial charge in [-0.3, -0.25) is 9.59 Å². The average Bonchev–Trinajstić information content (AvgIpc) is 2.55. The molecule has 6 heteroatoms. The predicted octanol–water partition coefficient (Wildman–Crippen LogP) is 1.96. The summed E-state index contributed by atoms with van der Waals surface area (Å²) in [7, 11) is 0. The maximum atomic E-state index is 12.7. The maximum Gasteiger partial charge on any atom is 0.275 e. The lowest BCUT2D eigenvalue weighted by molar-refractivity contribution is -0.133. The monoisotopic (exact) mass is 345 g/mol. The zero-order valence-electron chi connectivity index (χ0n) is 15.5. The van der Waals surface area contributed by atoms with Crippen LogP contribution in [0.4, 0.5) is 0 Å². The van der Waals surface area contributed by atoms with Crippen molar-refractivity contribution in [2.75, 3.05) is 19.7 Å². The minimum Gasteiger partial charge on any atom is -0.396 e. The van der Waals surface area contributed by atoms with Gasteiger partial charge in [-0.25, -0.2) is 4.68 Å². The zero-order valence-corrected chi connectivity index (χ0v) is 15.5. The second kappa shape index (κ2) is 7.78. The number of aryl methyl sites for hydroxylation is 1. The molecule has 0 bridgehead atoms. The molecule has 1 aromatic carbocycles. The third kappa shape index (κ3) is 4.89. The lowest BCUT2D eigenvalue weighted by atomic mass is 9.96. The fourth-order valence-corrected chi connectivity index (χ4v) is 2.87. The Morgan fingerprint density at radius 3 is 2.48 bits per heavy atom. The summed E-state index contributed by atoms with van der Waals surface area (Å²) in [6.07, 6.45) is 0.515. The highest BCUT2D eigenvalue weighted by atomic mass is 16.3. The summed E-state index contributed by atoms with van der Waals surface area (Å²) in [5.74, 6) is -0.160. The van der Waals surface area contributed by atoms with Crippen LogP contribution < -0.4 is 5.56 Å². The van der Waals surface area contributed by atoms with E-state index in [4.69, 9.17) is 5.11 Å². The van der Waals surface area contributed by atoms with Crippen molar-refractivity contribution in [3.05, 3.63) is 40.3 Å². The number of nitrogens with zero attached hydrogens (tertiary/aromatic N) is 3. The van der Waals surface area contributed by atoms with Gasteiger partial charge in [0, 0.05) is 25.1 Å². The quantitative estimate of drug-likeness (QED) is 0.868. The Bertz CT molecular complexity index is 806. The molecule has 0 saturated heterocycles. The molecule has 0 aliphatic carbocycles. The van der Waals surface area contributed by atoms with Crippen LogP contribution in [0.25, 0.3) is 10.8 Å². The van der Waals surface area contributed by atoms with Crippen molar-refractivity contribution in [2.45, 2.75) is 40.7 Å². The van der Waals surface area contributed by atoms with E-state index in [-0.39, 0.29) is 30.0 Å². The first-order valence-electron chi connectivity index (χ1n) is 8.58. The Kier molecular flexibility index (Phi) is 5.95. The van der Waals surface area contributed by atoms with Crippen LogP contribution in [0.3, 0.4) is 0 Å². The molecule has 2 rings (SSSR count). The molecule has 1 amide bonds. The maximum absolute atomic E-state index is 12.7. The molecule has 1 aromatic heterocycles. The van der Waals surface area contributed by atoms with Gasteiger partial charge < -0.3 is 10.0 Å². The van der Waals surface area contributed by atoms with Crippen molar-refractivity contribution in [1.82, 2.24) is 14.7 Å². The summed E-state index contributed by atoms with van der Waals surface area (Å²) in [5, 5.41) is 14.8. The van der Waals surface area contributed by atoms with Gasteiger partial charge in [-0.1, -0.05) is 39.0 Å². The second-order valence-corrected chi connectivity index (χ2v) is 7.55. The van der Waals surface area contributed by atoms with Crippen molar-refractivity contribution < 1.29 is 9.90 Å². The molecule has 25 heavy (non-hydrogen) atoms. The van der Waals surface area contributed by atoms with Crippen LogP contribution >= 0.6 is 0 Å². The minimum absolute atomic E-state index is 0.0290. The van der Waals surface area contributed by atoms with E-state index in [1.54, 1.807) is 11.0 Å². The van der Waals surface area contributed by atoms with Gasteiger partial charge in [-0.2, -0.15) is 5.10 Å². The van der Waals surface area contributed by atoms with Crippen LogP contribution in [0.15, 0.2) is 29.1 Å². The number of hydrogen-bond acceptors (Lipinski definition) is 4. The third-order valence-corrected chi connectivity index (χ3v) is 3.94. The standard InChI is InChI=1S/C19H27N3O3/c1-14-15-8-5-6-9-16(15)18(25)22(20-14)12-17(24)21(10-7-11-23)13-19(2,3)4/h5-6,8-9,23H,7,10-13H2,1-4H3. The first kappa shape index (κ1) is 19.1. The number of hydrogen-bond donors (Lipinski definition) is 1. The first-order chi connectivity index (χ1) is 11.7. The Morgan fingerprint density at radius 1 is 1.24 bits per heavy atom. The van der Waals surface area contributed by atoms with E-state index in [0.29, 0.717) is 24.9 Å². The number of carbonyl (C=O) groups excluding carboxylic acids is 1. The van der Waals surface area contributed by atoms with Gasteiger partial charge in [-0.15, -0.1) is 0 Å². The van der Waals surface area contributed by atoms with Gasteiger partial charge in [0.1, 0.15) is 6.54 Å². The summed E-state index contributed by atoms with van der Waals surface area (Å²) < 4.78 is 1.24. The van der Waals surface area contributed by atoms with Gasteiger partial charge in [0.2, 0.25) is 5.91 Å². The number of aliphatic hydroxyl groups excluding tert-OH is 1. The topological polar surface area (TPSA) is 75.4 Å². The van der Waals surface area contributed by atoms with Crippen LogP contribution in [0.1, 0.15) is 32.9 Å². The van der Waals surface area contributed by atoms with Gasteiger partial charge >= 0.3 is 0 Å². The summed E-state index contributed by atoms with van der Waals surface area (Å²) in [6, 6.07) is 7.29. The Labute approximate surface area is 148 Å². The summed E-state index contributed by atoms with van der Waals surface area (Å²) >= 11 is 0. The van der Waals surface area contributed by atoms with Crippen molar-refractivity contribution in [2.24, 2.45) is 5.41 Å². The number of amides is 1. The third-order valence-electron chi connectivity index (χ3n) is 3.94. The molecule has 0 unspecified atom stereocenters. The number of rotatable bonds is 6. The SMILES string of the molecule is Cc1nn(CC(=O)N(CCCO)CC(C)(C)C)c(=O)c2ccccc12. The lowest BCUT2D eigenvalue weighted by Gasteiger charge is -2.30. The molecule has 2 aromatic rings. The van der Waals surface area contributed by atoms with Crippen molar-refractivity contribution in [1.29, 1.82) is 0 Å². The Balaban J connectivity index is 2.30. The van der Waals surface area contributed by atoms with Crippen LogP contribution in [0.5, 0.6) is 0 Å². The van der Waals surface area contributed by atoms with E-state index in [1.807, 2.05) is 25.1 Å². The fourth-order valence-electron chi connectivity index (χ4n) is 2.87. The molecule has 136 valence electrons. The van der Waals surface area contributed by atoms with Gasteiger partial charge in [0.15, 0.2) is 0 Å². The van der Waals surface area contributed by atoms with Crippen LogP contribution in [0.2, 0.25) is 0 Å². The van der Waals surface area contributed by atoms with E-state index in [1.165, 1.54) is 4.68 Å². The number of carbonyl (C=O) groups is 1. The van der Waals surface area contributed by atoms with Crippen molar-refractivity contribution in [3.63, 3.8) is 0 Å². The molecular weight excluding hydrogens is 318 g/mol. The molecule has 1 heterocycles. The van der Waals surface area contributed by atoms with Gasteiger partial charge in [0.05, 0.1) is 11.1 Å². The van der Waals surface area contributed by atoms with Crippen molar-refractivity contribution in [3.8, 4) is 0 Å². The molecule has 0 atom stereocenters. The molecule has 0 fully saturated rings. The molecule has 0 aliphatic heterocycles. The Hall–Kier alpha value is -2.21. The first-order valence-corrected chi connectivity index (χ1v) is 8.58. The molecule has 1 N–H and O–H groups in total. The highest BCUT2D eigenvalue weighted by molar-refractivity contribution is 5.83. The fraction of sp³-hybridized carbons (Fsp3) is 0.526. The van der Waals surface area contributed by atoms with Crippen LogP contribution in [0, 0.1) is 12.3 Å². The summed E-state index contributed by atoms with van der Waals surface area (Å²) in [4.78, 5) is 27.1. The second-order valence-electron chi connectivity index (χ2n) is 7.55. The number of benzene rings is 1. The Morgan fingerprint density at radius 2 is 1.88 bits per heavy atom. The van der Waals surface area contributed by atoms with E-state index in [9.17, 15) is 9.59 Å². The molecule has 0 saturated carbocycles. The molecule has 0 spiro atoms. The normalized spacial score (nSPS) is 11.7. The zero-order chi connectivity index (χ0) is 18.6. The smallest absolute Gasteiger partial charge is 0.275 e. The van der Waals surface area contributed by atoms with Gasteiger partial charge in [0.25, 0.3) is 5.56 Å². The summed E-state index contributed by atoms with van der Waals surface area (Å²) in [5.41, 5.74) is 0.399. The number of aliphatic hydroxyl groups is 1. The van der Waals surface area contributed by atoms with E-state index >= 15 is 0 Å². The molecule has 0 radical (unpaired) electrons. The van der Waals surface area contributed by atoms with Crippen LogP contribution in [-0.4, -0.2) is 45.4 Å². The van der Waals surface area contributed by atoms with E-state index in [2.05, 4.69) is 25.9 Å². The molecule has 0 aliphatic rings. The highest BCUT2D eigenvalue weighted by Gasteiger charge is 2.22. The van der Waals surface area contributed by atoms with Crippen molar-refractivity contribution >= 4 is 16.7 Å². The molecule has 6 nitrogen and oxygen atoms in total. The predicted molar refractivity (Wildman–Crippen MR) is 98.5 cm³/mol. The number of aromatic nitrogens is 2. The minimum atomic E-state index is -0.257. The van der Waals surface area contributed by atoms with Gasteiger partial charge in [-0.05, 0) is 24.8 Å². The summed E-state index contributed by atoms with van der Waals surface area (Å²) in [6.45, 7) is 8.96. The lowest BCUT2D eigenvalue weighted by Crippen LogP contribution is -2.42. The highest BCUT2D eigenvalue weighted by Crippen LogP contribution is 2.16. The largest absolute Gasteiger partial charge is 0.396 e. The van der Waals surface area contributed by atoms with Crippen LogP contribution in [-0.2, 0) is 11.3 Å².